The van der Waals surface area contributed by atoms with E-state index >= 15 is 0 Å². The molecule has 2 aromatic rings. The largest absolute Gasteiger partial charge is 0.292 e. The lowest BCUT2D eigenvalue weighted by molar-refractivity contribution is 0.199. The molecular formula is C23H31N. The first-order chi connectivity index (χ1) is 11.9. The minimum atomic E-state index is 0.398. The quantitative estimate of drug-likeness (QED) is 0.624. The first kappa shape index (κ1) is 17.2. The first-order valence-electron chi connectivity index (χ1n) is 9.72. The fourth-order valence-electron chi connectivity index (χ4n) is 4.11. The van der Waals surface area contributed by atoms with E-state index < -0.39 is 0 Å². The predicted molar refractivity (Wildman–Crippen MR) is 103 cm³/mol. The highest BCUT2D eigenvalue weighted by atomic mass is 15.2. The van der Waals surface area contributed by atoms with Crippen molar-refractivity contribution >= 4 is 0 Å². The van der Waals surface area contributed by atoms with Crippen molar-refractivity contribution in [1.29, 1.82) is 0 Å². The lowest BCUT2D eigenvalue weighted by Crippen LogP contribution is -2.33. The molecule has 1 aliphatic heterocycles. The smallest absolute Gasteiger partial charge is 0.0601 e. The highest BCUT2D eigenvalue weighted by Gasteiger charge is 2.26. The third kappa shape index (κ3) is 4.48. The Bertz CT molecular complexity index is 538. The third-order valence-electron chi connectivity index (χ3n) is 5.36. The average molecular weight is 322 g/mol. The Morgan fingerprint density at radius 1 is 0.917 bits per heavy atom. The van der Waals surface area contributed by atoms with E-state index in [-0.39, 0.29) is 0 Å². The summed E-state index contributed by atoms with van der Waals surface area (Å²) in [6.45, 7) is 4.77. The molecule has 0 amide bonds. The van der Waals surface area contributed by atoms with E-state index in [2.05, 4.69) is 72.5 Å². The van der Waals surface area contributed by atoms with Gasteiger partial charge >= 0.3 is 0 Å². The predicted octanol–water partition coefficient (Wildman–Crippen LogP) is 6.07. The molecule has 1 heteroatoms. The van der Waals surface area contributed by atoms with E-state index in [1.807, 2.05) is 0 Å². The number of rotatable bonds is 6. The third-order valence-corrected chi connectivity index (χ3v) is 5.36. The maximum atomic E-state index is 2.75. The van der Waals surface area contributed by atoms with Crippen LogP contribution >= 0.6 is 0 Å². The zero-order valence-electron chi connectivity index (χ0n) is 15.0. The molecule has 0 saturated carbocycles. The number of unbranched alkanes of at least 4 members (excludes halogenated alkanes) is 1. The molecule has 128 valence electrons. The van der Waals surface area contributed by atoms with Crippen molar-refractivity contribution in [3.8, 4) is 0 Å². The van der Waals surface area contributed by atoms with Crippen molar-refractivity contribution in [1.82, 2.24) is 4.90 Å². The number of benzene rings is 2. The Morgan fingerprint density at radius 2 is 1.54 bits per heavy atom. The molecule has 1 nitrogen and oxygen atoms in total. The maximum absolute atomic E-state index is 2.75. The van der Waals surface area contributed by atoms with Crippen LogP contribution in [0.4, 0.5) is 0 Å². The molecule has 0 aromatic heterocycles. The van der Waals surface area contributed by atoms with Gasteiger partial charge in [0.25, 0.3) is 0 Å². The summed E-state index contributed by atoms with van der Waals surface area (Å²) in [6, 6.07) is 22.5. The molecule has 1 aliphatic rings. The van der Waals surface area contributed by atoms with Crippen LogP contribution in [0.15, 0.2) is 60.7 Å². The first-order valence-corrected chi connectivity index (χ1v) is 9.72. The zero-order chi connectivity index (χ0) is 16.6. The van der Waals surface area contributed by atoms with E-state index in [0.29, 0.717) is 6.04 Å². The highest BCUT2D eigenvalue weighted by Crippen LogP contribution is 2.33. The van der Waals surface area contributed by atoms with Crippen LogP contribution in [0.3, 0.4) is 0 Å². The van der Waals surface area contributed by atoms with Crippen molar-refractivity contribution in [2.24, 2.45) is 5.92 Å². The summed E-state index contributed by atoms with van der Waals surface area (Å²) in [6.07, 6.45) is 8.22. The number of nitrogens with zero attached hydrogens (tertiary/aromatic N) is 1. The summed E-state index contributed by atoms with van der Waals surface area (Å²) in [7, 11) is 0. The van der Waals surface area contributed by atoms with Crippen molar-refractivity contribution in [2.45, 2.75) is 51.5 Å². The van der Waals surface area contributed by atoms with Crippen LogP contribution in [0.2, 0.25) is 0 Å². The van der Waals surface area contributed by atoms with E-state index in [0.717, 1.165) is 5.92 Å². The van der Waals surface area contributed by atoms with Gasteiger partial charge in [0.1, 0.15) is 0 Å². The van der Waals surface area contributed by atoms with Crippen LogP contribution in [0.25, 0.3) is 0 Å². The minimum Gasteiger partial charge on any atom is -0.292 e. The van der Waals surface area contributed by atoms with Crippen LogP contribution in [-0.4, -0.2) is 18.0 Å². The second-order valence-corrected chi connectivity index (χ2v) is 7.22. The molecule has 0 bridgehead atoms. The topological polar surface area (TPSA) is 3.24 Å². The molecule has 1 fully saturated rings. The minimum absolute atomic E-state index is 0.398. The standard InChI is InChI=1S/C23H31N/c1-2-3-12-20-13-10-11-18-24(19-20)23(21-14-6-4-7-15-21)22-16-8-5-9-17-22/h4-9,14-17,20,23H,2-3,10-13,18-19H2,1H3. The molecule has 3 rings (SSSR count). The Morgan fingerprint density at radius 3 is 2.12 bits per heavy atom. The molecule has 0 spiro atoms. The van der Waals surface area contributed by atoms with Crippen molar-refractivity contribution in [3.63, 3.8) is 0 Å². The second kappa shape index (κ2) is 9.03. The van der Waals surface area contributed by atoms with Crippen LogP contribution in [0.1, 0.15) is 62.6 Å². The Balaban J connectivity index is 1.86. The summed E-state index contributed by atoms with van der Waals surface area (Å²) in [5.41, 5.74) is 2.86. The van der Waals surface area contributed by atoms with E-state index in [4.69, 9.17) is 0 Å². The fraction of sp³-hybridized carbons (Fsp3) is 0.478. The van der Waals surface area contributed by atoms with Gasteiger partial charge in [-0.2, -0.15) is 0 Å². The van der Waals surface area contributed by atoms with Crippen LogP contribution < -0.4 is 0 Å². The van der Waals surface area contributed by atoms with Crippen molar-refractivity contribution in [3.05, 3.63) is 71.8 Å². The molecule has 0 N–H and O–H groups in total. The summed E-state index contributed by atoms with van der Waals surface area (Å²) >= 11 is 0. The normalized spacial score (nSPS) is 19.3. The summed E-state index contributed by atoms with van der Waals surface area (Å²) in [5.74, 6) is 0.863. The van der Waals surface area contributed by atoms with Gasteiger partial charge in [0, 0.05) is 6.54 Å². The van der Waals surface area contributed by atoms with E-state index in [1.54, 1.807) is 0 Å². The lowest BCUT2D eigenvalue weighted by atomic mass is 9.94. The molecule has 0 aliphatic carbocycles. The van der Waals surface area contributed by atoms with Crippen molar-refractivity contribution < 1.29 is 0 Å². The van der Waals surface area contributed by atoms with Gasteiger partial charge in [0.2, 0.25) is 0 Å². The molecule has 24 heavy (non-hydrogen) atoms. The molecule has 0 radical (unpaired) electrons. The van der Waals surface area contributed by atoms with Gasteiger partial charge < -0.3 is 0 Å². The summed E-state index contributed by atoms with van der Waals surface area (Å²) in [5, 5.41) is 0. The zero-order valence-corrected chi connectivity index (χ0v) is 15.0. The Labute approximate surface area is 147 Å². The molecule has 1 saturated heterocycles. The molecule has 1 atom stereocenters. The van der Waals surface area contributed by atoms with Gasteiger partial charge in [-0.3, -0.25) is 4.90 Å². The number of likely N-dealkylation sites (tertiary alicyclic amines) is 1. The molecule has 2 aromatic carbocycles. The van der Waals surface area contributed by atoms with Gasteiger partial charge in [-0.05, 0) is 42.9 Å². The number of hydrogen-bond acceptors (Lipinski definition) is 1. The highest BCUT2D eigenvalue weighted by molar-refractivity contribution is 5.31. The molecule has 1 heterocycles. The van der Waals surface area contributed by atoms with Gasteiger partial charge in [0.15, 0.2) is 0 Å². The summed E-state index contributed by atoms with van der Waals surface area (Å²) < 4.78 is 0. The summed E-state index contributed by atoms with van der Waals surface area (Å²) in [4.78, 5) is 2.75. The van der Waals surface area contributed by atoms with Crippen LogP contribution in [0.5, 0.6) is 0 Å². The van der Waals surface area contributed by atoms with Gasteiger partial charge in [-0.15, -0.1) is 0 Å². The van der Waals surface area contributed by atoms with E-state index in [9.17, 15) is 0 Å². The monoisotopic (exact) mass is 321 g/mol. The Kier molecular flexibility index (Phi) is 6.48. The van der Waals surface area contributed by atoms with E-state index in [1.165, 1.54) is 62.7 Å². The fourth-order valence-corrected chi connectivity index (χ4v) is 4.11. The maximum Gasteiger partial charge on any atom is 0.0601 e. The van der Waals surface area contributed by atoms with Gasteiger partial charge in [-0.1, -0.05) is 86.8 Å². The van der Waals surface area contributed by atoms with Crippen LogP contribution in [-0.2, 0) is 0 Å². The lowest BCUT2D eigenvalue weighted by Gasteiger charge is -2.33. The SMILES string of the molecule is CCCCC1CCCCN(C(c2ccccc2)c2ccccc2)C1. The average Bonchev–Trinajstić information content (AvgIpc) is 2.88. The molecular weight excluding hydrogens is 290 g/mol. The number of hydrogen-bond donors (Lipinski definition) is 0. The Hall–Kier alpha value is -1.60. The van der Waals surface area contributed by atoms with Crippen molar-refractivity contribution in [2.75, 3.05) is 13.1 Å². The van der Waals surface area contributed by atoms with Crippen LogP contribution in [0, 0.1) is 5.92 Å². The second-order valence-electron chi connectivity index (χ2n) is 7.22. The van der Waals surface area contributed by atoms with Gasteiger partial charge in [0.05, 0.1) is 6.04 Å². The van der Waals surface area contributed by atoms with Gasteiger partial charge in [-0.25, -0.2) is 0 Å². The molecule has 1 unspecified atom stereocenters.